The summed E-state index contributed by atoms with van der Waals surface area (Å²) in [6.45, 7) is 2.24. The van der Waals surface area contributed by atoms with Crippen molar-refractivity contribution in [3.8, 4) is 11.1 Å². The Morgan fingerprint density at radius 1 is 0.618 bits per heavy atom. The van der Waals surface area contributed by atoms with Crippen LogP contribution in [0.3, 0.4) is 0 Å². The van der Waals surface area contributed by atoms with Gasteiger partial charge in [-0.1, -0.05) is 49.6 Å². The molecule has 1 saturated carbocycles. The number of fused-ring (bicyclic) bond motifs is 3. The minimum Gasteiger partial charge on any atom is -0.371 e. The standard InChI is InChI=1S/C30H32N2S2/c31-30-28-19-24(33-22-9-5-2-6-10-22)11-13-26(28)27-14-12-25(20-29(27)30)34-23-15-17-32(18-16-23)21-7-3-1-4-8-21/h1,3-4,7-8,11-14,19-20,22-23,31H,2,5-6,9-10,15-18H2. The second kappa shape index (κ2) is 9.83. The van der Waals surface area contributed by atoms with E-state index in [1.165, 1.54) is 71.6 Å². The van der Waals surface area contributed by atoms with Crippen molar-refractivity contribution >= 4 is 34.9 Å². The highest BCUT2D eigenvalue weighted by atomic mass is 32.2. The number of rotatable bonds is 5. The maximum atomic E-state index is 8.94. The lowest BCUT2D eigenvalue weighted by Crippen LogP contribution is -2.34. The Balaban J connectivity index is 1.13. The third-order valence-corrected chi connectivity index (χ3v) is 10.2. The average Bonchev–Trinajstić information content (AvgIpc) is 3.16. The van der Waals surface area contributed by atoms with Crippen LogP contribution in [-0.4, -0.2) is 29.3 Å². The number of hydrogen-bond acceptors (Lipinski definition) is 4. The largest absolute Gasteiger partial charge is 0.371 e. The zero-order valence-electron chi connectivity index (χ0n) is 19.6. The molecule has 0 spiro atoms. The van der Waals surface area contributed by atoms with Crippen LogP contribution in [0.5, 0.6) is 0 Å². The summed E-state index contributed by atoms with van der Waals surface area (Å²) in [7, 11) is 0. The number of hydrogen-bond donors (Lipinski definition) is 1. The normalized spacial score (nSPS) is 18.7. The second-order valence-electron chi connectivity index (χ2n) is 9.81. The molecule has 1 saturated heterocycles. The molecule has 0 bridgehead atoms. The van der Waals surface area contributed by atoms with E-state index < -0.39 is 0 Å². The van der Waals surface area contributed by atoms with E-state index in [9.17, 15) is 0 Å². The van der Waals surface area contributed by atoms with E-state index in [2.05, 4.69) is 71.6 Å². The Morgan fingerprint density at radius 3 is 1.76 bits per heavy atom. The fraction of sp³-hybridized carbons (Fsp3) is 0.367. The van der Waals surface area contributed by atoms with Crippen molar-refractivity contribution in [2.24, 2.45) is 0 Å². The lowest BCUT2D eigenvalue weighted by Gasteiger charge is -2.33. The first-order valence-corrected chi connectivity index (χ1v) is 14.5. The summed E-state index contributed by atoms with van der Waals surface area (Å²) < 4.78 is 0. The van der Waals surface area contributed by atoms with Crippen LogP contribution in [0.15, 0.2) is 76.5 Å². The molecule has 1 heterocycles. The molecule has 6 rings (SSSR count). The number of benzene rings is 3. The molecule has 174 valence electrons. The summed E-state index contributed by atoms with van der Waals surface area (Å²) in [6, 6.07) is 24.4. The summed E-state index contributed by atoms with van der Waals surface area (Å²) in [5, 5.41) is 10.3. The molecule has 4 heteroatoms. The summed E-state index contributed by atoms with van der Waals surface area (Å²) in [4.78, 5) is 5.16. The Labute approximate surface area is 212 Å². The van der Waals surface area contributed by atoms with Crippen LogP contribution < -0.4 is 4.90 Å². The molecule has 0 amide bonds. The SMILES string of the molecule is N=C1c2cc(SC3CCCCC3)ccc2-c2ccc(SC3CCN(c4ccccc4)CC3)cc21. The number of nitrogens with zero attached hydrogens (tertiary/aromatic N) is 1. The third kappa shape index (κ3) is 4.55. The van der Waals surface area contributed by atoms with Gasteiger partial charge in [-0.25, -0.2) is 0 Å². The van der Waals surface area contributed by atoms with Gasteiger partial charge in [0.05, 0.1) is 5.71 Å². The fourth-order valence-electron chi connectivity index (χ4n) is 5.66. The Kier molecular flexibility index (Phi) is 6.45. The minimum absolute atomic E-state index is 0.648. The highest BCUT2D eigenvalue weighted by molar-refractivity contribution is 8.00. The van der Waals surface area contributed by atoms with Gasteiger partial charge in [0.2, 0.25) is 0 Å². The van der Waals surface area contributed by atoms with Crippen molar-refractivity contribution in [1.82, 2.24) is 0 Å². The third-order valence-electron chi connectivity index (χ3n) is 7.53. The molecule has 0 atom stereocenters. The van der Waals surface area contributed by atoms with E-state index in [1.54, 1.807) is 0 Å². The van der Waals surface area contributed by atoms with E-state index in [0.717, 1.165) is 29.5 Å². The van der Waals surface area contributed by atoms with Gasteiger partial charge in [-0.15, -0.1) is 23.5 Å². The Hall–Kier alpha value is -2.17. The van der Waals surface area contributed by atoms with Crippen LogP contribution in [0.4, 0.5) is 5.69 Å². The summed E-state index contributed by atoms with van der Waals surface area (Å²) >= 11 is 4.04. The van der Waals surface area contributed by atoms with Crippen LogP contribution in [0, 0.1) is 5.41 Å². The smallest absolute Gasteiger partial charge is 0.0697 e. The van der Waals surface area contributed by atoms with E-state index >= 15 is 0 Å². The molecule has 34 heavy (non-hydrogen) atoms. The lowest BCUT2D eigenvalue weighted by atomic mass is 10.0. The fourth-order valence-corrected chi connectivity index (χ4v) is 8.11. The minimum atomic E-state index is 0.648. The molecule has 1 aliphatic heterocycles. The van der Waals surface area contributed by atoms with Gasteiger partial charge in [-0.2, -0.15) is 0 Å². The molecule has 2 fully saturated rings. The first kappa shape index (κ1) is 22.3. The van der Waals surface area contributed by atoms with E-state index in [0.29, 0.717) is 11.0 Å². The van der Waals surface area contributed by atoms with Crippen LogP contribution in [0.25, 0.3) is 11.1 Å². The van der Waals surface area contributed by atoms with Gasteiger partial charge in [0.25, 0.3) is 0 Å². The number of anilines is 1. The van der Waals surface area contributed by atoms with Gasteiger partial charge in [-0.3, -0.25) is 5.41 Å². The van der Waals surface area contributed by atoms with E-state index in [4.69, 9.17) is 5.41 Å². The molecule has 0 radical (unpaired) electrons. The second-order valence-corrected chi connectivity index (χ2v) is 12.6. The van der Waals surface area contributed by atoms with Crippen molar-refractivity contribution in [1.29, 1.82) is 5.41 Å². The Morgan fingerprint density at radius 2 is 1.18 bits per heavy atom. The summed E-state index contributed by atoms with van der Waals surface area (Å²) in [5.41, 5.74) is 6.75. The van der Waals surface area contributed by atoms with Gasteiger partial charge in [-0.05, 0) is 73.2 Å². The molecule has 0 aromatic heterocycles. The van der Waals surface area contributed by atoms with E-state index in [1.807, 2.05) is 23.5 Å². The monoisotopic (exact) mass is 484 g/mol. The summed E-state index contributed by atoms with van der Waals surface area (Å²) in [6.07, 6.45) is 9.22. The van der Waals surface area contributed by atoms with Gasteiger partial charge < -0.3 is 4.90 Å². The van der Waals surface area contributed by atoms with Gasteiger partial charge in [0, 0.05) is 50.2 Å². The molecule has 3 aromatic carbocycles. The van der Waals surface area contributed by atoms with E-state index in [-0.39, 0.29) is 0 Å². The quantitative estimate of drug-likeness (QED) is 0.309. The lowest BCUT2D eigenvalue weighted by molar-refractivity contribution is 0.516. The predicted molar refractivity (Wildman–Crippen MR) is 148 cm³/mol. The van der Waals surface area contributed by atoms with Gasteiger partial charge >= 0.3 is 0 Å². The molecule has 0 unspecified atom stereocenters. The van der Waals surface area contributed by atoms with Crippen LogP contribution in [0.2, 0.25) is 0 Å². The molecule has 1 N–H and O–H groups in total. The zero-order chi connectivity index (χ0) is 22.9. The maximum Gasteiger partial charge on any atom is 0.0697 e. The Bertz CT molecular complexity index is 1180. The van der Waals surface area contributed by atoms with Crippen molar-refractivity contribution in [3.05, 3.63) is 77.9 Å². The highest BCUT2D eigenvalue weighted by Gasteiger charge is 2.26. The van der Waals surface area contributed by atoms with Crippen LogP contribution in [0.1, 0.15) is 56.1 Å². The number of piperidine rings is 1. The van der Waals surface area contributed by atoms with Crippen molar-refractivity contribution in [2.45, 2.75) is 65.2 Å². The molecule has 3 aromatic rings. The highest BCUT2D eigenvalue weighted by Crippen LogP contribution is 2.42. The van der Waals surface area contributed by atoms with Gasteiger partial charge in [0.15, 0.2) is 0 Å². The molecule has 2 aliphatic carbocycles. The van der Waals surface area contributed by atoms with Crippen molar-refractivity contribution < 1.29 is 0 Å². The van der Waals surface area contributed by atoms with Crippen molar-refractivity contribution in [3.63, 3.8) is 0 Å². The first-order valence-electron chi connectivity index (χ1n) is 12.8. The zero-order valence-corrected chi connectivity index (χ0v) is 21.3. The molecular formula is C30H32N2S2. The van der Waals surface area contributed by atoms with Crippen molar-refractivity contribution in [2.75, 3.05) is 18.0 Å². The summed E-state index contributed by atoms with van der Waals surface area (Å²) in [5.74, 6) is 0. The maximum absolute atomic E-state index is 8.94. The van der Waals surface area contributed by atoms with Gasteiger partial charge in [0.1, 0.15) is 0 Å². The molecule has 2 nitrogen and oxygen atoms in total. The predicted octanol–water partition coefficient (Wildman–Crippen LogP) is 8.27. The van der Waals surface area contributed by atoms with Crippen LogP contribution >= 0.6 is 23.5 Å². The number of nitrogens with one attached hydrogen (secondary N) is 1. The molecule has 3 aliphatic rings. The first-order chi connectivity index (χ1) is 16.7. The van der Waals surface area contributed by atoms with Crippen LogP contribution in [-0.2, 0) is 0 Å². The number of thioether (sulfide) groups is 2. The average molecular weight is 485 g/mol. The molecular weight excluding hydrogens is 452 g/mol. The topological polar surface area (TPSA) is 27.1 Å². The number of para-hydroxylation sites is 1.